The molecule has 1 unspecified atom stereocenters. The Morgan fingerprint density at radius 1 is 1.17 bits per heavy atom. The molecule has 0 aromatic heterocycles. The Hall–Kier alpha value is -3.39. The fraction of sp³-hybridized carbons (Fsp3) is 0.238. The fourth-order valence-corrected chi connectivity index (χ4v) is 3.22. The number of hydrogen-bond acceptors (Lipinski definition) is 6. The van der Waals surface area contributed by atoms with Gasteiger partial charge in [0.05, 0.1) is 12.8 Å². The lowest BCUT2D eigenvalue weighted by Crippen LogP contribution is -2.41. The SMILES string of the molecule is COC(=O)CN(Cc1ccc(Cl)cc1)C(=O)C1=NN(c2ccccc2)C(C(N)=O)C1. The van der Waals surface area contributed by atoms with Crippen LogP contribution in [-0.4, -0.2) is 48.1 Å². The number of nitrogens with two attached hydrogens (primary N) is 1. The summed E-state index contributed by atoms with van der Waals surface area (Å²) in [6, 6.07) is 15.1. The van der Waals surface area contributed by atoms with E-state index in [1.54, 1.807) is 48.5 Å². The zero-order chi connectivity index (χ0) is 21.7. The molecular formula is C21H21ClN4O4. The van der Waals surface area contributed by atoms with Gasteiger partial charge >= 0.3 is 5.97 Å². The van der Waals surface area contributed by atoms with Crippen LogP contribution in [0.25, 0.3) is 0 Å². The minimum absolute atomic E-state index is 0.0430. The van der Waals surface area contributed by atoms with Gasteiger partial charge in [0.1, 0.15) is 18.3 Å². The Kier molecular flexibility index (Phi) is 6.68. The van der Waals surface area contributed by atoms with Gasteiger partial charge in [-0.3, -0.25) is 19.4 Å². The van der Waals surface area contributed by atoms with E-state index in [2.05, 4.69) is 5.10 Å². The maximum absolute atomic E-state index is 13.2. The monoisotopic (exact) mass is 428 g/mol. The van der Waals surface area contributed by atoms with Crippen LogP contribution in [0, 0.1) is 0 Å². The normalized spacial score (nSPS) is 15.5. The Morgan fingerprint density at radius 2 is 1.83 bits per heavy atom. The number of hydrogen-bond donors (Lipinski definition) is 1. The van der Waals surface area contributed by atoms with E-state index in [-0.39, 0.29) is 25.2 Å². The Labute approximate surface area is 178 Å². The number of ether oxygens (including phenoxy) is 1. The van der Waals surface area contributed by atoms with E-state index in [1.807, 2.05) is 6.07 Å². The lowest BCUT2D eigenvalue weighted by atomic mass is 10.1. The molecule has 30 heavy (non-hydrogen) atoms. The van der Waals surface area contributed by atoms with Crippen molar-refractivity contribution in [3.8, 4) is 0 Å². The van der Waals surface area contributed by atoms with Crippen molar-refractivity contribution in [1.82, 2.24) is 4.90 Å². The molecule has 3 rings (SSSR count). The topological polar surface area (TPSA) is 105 Å². The van der Waals surface area contributed by atoms with Gasteiger partial charge in [0, 0.05) is 18.0 Å². The van der Waals surface area contributed by atoms with Crippen molar-refractivity contribution in [2.24, 2.45) is 10.8 Å². The van der Waals surface area contributed by atoms with Gasteiger partial charge in [-0.05, 0) is 29.8 Å². The van der Waals surface area contributed by atoms with Crippen LogP contribution in [0.4, 0.5) is 5.69 Å². The number of rotatable bonds is 7. The third-order valence-corrected chi connectivity index (χ3v) is 4.88. The lowest BCUT2D eigenvalue weighted by molar-refractivity contribution is -0.145. The van der Waals surface area contributed by atoms with Crippen molar-refractivity contribution in [3.05, 3.63) is 65.2 Å². The molecule has 0 fully saturated rings. The van der Waals surface area contributed by atoms with E-state index in [0.29, 0.717) is 10.7 Å². The average Bonchev–Trinajstić information content (AvgIpc) is 3.20. The van der Waals surface area contributed by atoms with Crippen molar-refractivity contribution in [2.75, 3.05) is 18.7 Å². The highest BCUT2D eigenvalue weighted by Crippen LogP contribution is 2.25. The molecule has 1 atom stereocenters. The van der Waals surface area contributed by atoms with Crippen molar-refractivity contribution in [3.63, 3.8) is 0 Å². The molecule has 0 radical (unpaired) electrons. The van der Waals surface area contributed by atoms with Crippen LogP contribution in [0.1, 0.15) is 12.0 Å². The zero-order valence-corrected chi connectivity index (χ0v) is 17.1. The van der Waals surface area contributed by atoms with Gasteiger partial charge in [0.2, 0.25) is 5.91 Å². The van der Waals surface area contributed by atoms with Crippen molar-refractivity contribution >= 4 is 40.8 Å². The number of primary amides is 1. The Morgan fingerprint density at radius 3 is 2.43 bits per heavy atom. The standard InChI is InChI=1S/C21H21ClN4O4/c1-30-19(27)13-25(12-14-7-9-15(22)10-8-14)21(29)17-11-18(20(23)28)26(24-17)16-5-3-2-4-6-16/h2-10,18H,11-13H2,1H3,(H2,23,28). The number of carbonyl (C=O) groups is 3. The first-order valence-electron chi connectivity index (χ1n) is 9.20. The summed E-state index contributed by atoms with van der Waals surface area (Å²) in [6.07, 6.45) is 0.0430. The Bertz CT molecular complexity index is 963. The number of benzene rings is 2. The molecule has 1 aliphatic heterocycles. The molecular weight excluding hydrogens is 408 g/mol. The number of esters is 1. The molecule has 2 N–H and O–H groups in total. The first-order valence-corrected chi connectivity index (χ1v) is 9.58. The van der Waals surface area contributed by atoms with E-state index < -0.39 is 23.8 Å². The van der Waals surface area contributed by atoms with E-state index in [1.165, 1.54) is 17.0 Å². The van der Waals surface area contributed by atoms with Gasteiger partial charge < -0.3 is 15.4 Å². The molecule has 0 saturated heterocycles. The largest absolute Gasteiger partial charge is 0.468 e. The smallest absolute Gasteiger partial charge is 0.325 e. The van der Waals surface area contributed by atoms with Gasteiger partial charge in [0.15, 0.2) is 0 Å². The lowest BCUT2D eigenvalue weighted by Gasteiger charge is -2.21. The number of para-hydroxylation sites is 1. The van der Waals surface area contributed by atoms with Crippen LogP contribution in [0.3, 0.4) is 0 Å². The van der Waals surface area contributed by atoms with Gasteiger partial charge in [-0.25, -0.2) is 0 Å². The second kappa shape index (κ2) is 9.41. The summed E-state index contributed by atoms with van der Waals surface area (Å²) in [5, 5.41) is 6.36. The predicted molar refractivity (Wildman–Crippen MR) is 113 cm³/mol. The molecule has 8 nitrogen and oxygen atoms in total. The average molecular weight is 429 g/mol. The van der Waals surface area contributed by atoms with E-state index in [4.69, 9.17) is 22.1 Å². The summed E-state index contributed by atoms with van der Waals surface area (Å²) in [5.41, 5.74) is 7.10. The second-order valence-electron chi connectivity index (χ2n) is 6.71. The second-order valence-corrected chi connectivity index (χ2v) is 7.15. The maximum atomic E-state index is 13.2. The summed E-state index contributed by atoms with van der Waals surface area (Å²) in [5.74, 6) is -1.63. The molecule has 1 heterocycles. The summed E-state index contributed by atoms with van der Waals surface area (Å²) in [4.78, 5) is 38.4. The summed E-state index contributed by atoms with van der Waals surface area (Å²) < 4.78 is 4.72. The van der Waals surface area contributed by atoms with E-state index in [0.717, 1.165) is 5.56 Å². The zero-order valence-electron chi connectivity index (χ0n) is 16.3. The number of methoxy groups -OCH3 is 1. The Balaban J connectivity index is 1.87. The highest BCUT2D eigenvalue weighted by atomic mass is 35.5. The van der Waals surface area contributed by atoms with Crippen LogP contribution in [-0.2, 0) is 25.7 Å². The first kappa shape index (κ1) is 21.3. The van der Waals surface area contributed by atoms with Crippen molar-refractivity contribution < 1.29 is 19.1 Å². The quantitative estimate of drug-likeness (QED) is 0.678. The fourth-order valence-electron chi connectivity index (χ4n) is 3.09. The molecule has 0 spiro atoms. The third kappa shape index (κ3) is 4.96. The van der Waals surface area contributed by atoms with Gasteiger partial charge in [-0.1, -0.05) is 41.9 Å². The number of hydrazone groups is 1. The predicted octanol–water partition coefficient (Wildman–Crippen LogP) is 1.96. The maximum Gasteiger partial charge on any atom is 0.325 e. The minimum Gasteiger partial charge on any atom is -0.468 e. The van der Waals surface area contributed by atoms with Crippen molar-refractivity contribution in [2.45, 2.75) is 19.0 Å². The molecule has 0 bridgehead atoms. The minimum atomic E-state index is -0.790. The highest BCUT2D eigenvalue weighted by molar-refractivity contribution is 6.40. The molecule has 0 aliphatic carbocycles. The number of nitrogens with zero attached hydrogens (tertiary/aromatic N) is 3. The third-order valence-electron chi connectivity index (χ3n) is 4.63. The number of anilines is 1. The number of halogens is 1. The molecule has 2 amide bonds. The first-order chi connectivity index (χ1) is 14.4. The molecule has 2 aromatic rings. The van der Waals surface area contributed by atoms with Crippen LogP contribution in [0.5, 0.6) is 0 Å². The van der Waals surface area contributed by atoms with Crippen LogP contribution < -0.4 is 10.7 Å². The van der Waals surface area contributed by atoms with Gasteiger partial charge in [-0.2, -0.15) is 5.10 Å². The van der Waals surface area contributed by atoms with Crippen LogP contribution >= 0.6 is 11.6 Å². The van der Waals surface area contributed by atoms with E-state index in [9.17, 15) is 14.4 Å². The molecule has 0 saturated carbocycles. The summed E-state index contributed by atoms with van der Waals surface area (Å²) in [6.45, 7) is -0.111. The number of amides is 2. The number of carbonyl (C=O) groups excluding carboxylic acids is 3. The molecule has 9 heteroatoms. The van der Waals surface area contributed by atoms with Crippen LogP contribution in [0.2, 0.25) is 5.02 Å². The molecule has 156 valence electrons. The van der Waals surface area contributed by atoms with Gasteiger partial charge in [-0.15, -0.1) is 0 Å². The van der Waals surface area contributed by atoms with Crippen molar-refractivity contribution in [1.29, 1.82) is 0 Å². The highest BCUT2D eigenvalue weighted by Gasteiger charge is 2.37. The van der Waals surface area contributed by atoms with Gasteiger partial charge in [0.25, 0.3) is 5.91 Å². The molecule has 2 aromatic carbocycles. The molecule has 1 aliphatic rings. The van der Waals surface area contributed by atoms with Crippen LogP contribution in [0.15, 0.2) is 59.7 Å². The summed E-state index contributed by atoms with van der Waals surface area (Å²) >= 11 is 5.92. The van der Waals surface area contributed by atoms with E-state index >= 15 is 0 Å². The summed E-state index contributed by atoms with van der Waals surface area (Å²) in [7, 11) is 1.25.